The Morgan fingerprint density at radius 2 is 2.04 bits per heavy atom. The number of hydrogen-bond donors (Lipinski definition) is 2. The summed E-state index contributed by atoms with van der Waals surface area (Å²) < 4.78 is 1.99. The largest absolute Gasteiger partial charge is 0.354 e. The standard InChI is InChI=1S/C20H29N5O/c21-10-9-20(26)22-13-19-8-4-5-11-24(19)14-18-12-23-25(16-18)15-17-6-2-1-3-7-17/h1-3,6-7,12,16,19H,4-5,8-11,13-15,21H2,(H,22,26). The number of benzene rings is 1. The Hall–Kier alpha value is -2.18. The van der Waals surface area contributed by atoms with Crippen molar-refractivity contribution < 1.29 is 4.79 Å². The van der Waals surface area contributed by atoms with E-state index < -0.39 is 0 Å². The van der Waals surface area contributed by atoms with Crippen molar-refractivity contribution in [2.24, 2.45) is 5.73 Å². The van der Waals surface area contributed by atoms with Gasteiger partial charge in [-0.15, -0.1) is 0 Å². The molecule has 1 aliphatic heterocycles. The van der Waals surface area contributed by atoms with Crippen LogP contribution in [0.1, 0.15) is 36.8 Å². The number of carbonyl (C=O) groups excluding carboxylic acids is 1. The Labute approximate surface area is 155 Å². The molecule has 0 radical (unpaired) electrons. The van der Waals surface area contributed by atoms with Gasteiger partial charge in [0.25, 0.3) is 0 Å². The van der Waals surface area contributed by atoms with E-state index in [1.54, 1.807) is 0 Å². The van der Waals surface area contributed by atoms with Crippen LogP contribution in [-0.2, 0) is 17.9 Å². The molecule has 0 saturated carbocycles. The summed E-state index contributed by atoms with van der Waals surface area (Å²) in [7, 11) is 0. The summed E-state index contributed by atoms with van der Waals surface area (Å²) in [6.07, 6.45) is 8.06. The Morgan fingerprint density at radius 1 is 1.19 bits per heavy atom. The van der Waals surface area contributed by atoms with Gasteiger partial charge in [0, 0.05) is 43.9 Å². The van der Waals surface area contributed by atoms with Crippen molar-refractivity contribution in [1.29, 1.82) is 0 Å². The Morgan fingerprint density at radius 3 is 2.85 bits per heavy atom. The monoisotopic (exact) mass is 355 g/mol. The molecule has 0 aliphatic carbocycles. The second-order valence-electron chi connectivity index (χ2n) is 6.99. The maximum atomic E-state index is 11.7. The van der Waals surface area contributed by atoms with Crippen LogP contribution in [0.3, 0.4) is 0 Å². The van der Waals surface area contributed by atoms with E-state index in [0.717, 1.165) is 26.1 Å². The lowest BCUT2D eigenvalue weighted by atomic mass is 10.0. The molecule has 1 aromatic carbocycles. The molecule has 26 heavy (non-hydrogen) atoms. The first-order valence-electron chi connectivity index (χ1n) is 9.50. The van der Waals surface area contributed by atoms with E-state index in [0.29, 0.717) is 25.6 Å². The third-order valence-corrected chi connectivity index (χ3v) is 4.92. The highest BCUT2D eigenvalue weighted by molar-refractivity contribution is 5.76. The lowest BCUT2D eigenvalue weighted by Crippen LogP contribution is -2.46. The van der Waals surface area contributed by atoms with Crippen LogP contribution in [-0.4, -0.2) is 46.3 Å². The molecule has 2 aromatic rings. The predicted octanol–water partition coefficient (Wildman–Crippen LogP) is 1.75. The molecule has 0 bridgehead atoms. The van der Waals surface area contributed by atoms with Gasteiger partial charge in [-0.1, -0.05) is 36.8 Å². The van der Waals surface area contributed by atoms with Crippen molar-refractivity contribution in [1.82, 2.24) is 20.0 Å². The minimum Gasteiger partial charge on any atom is -0.354 e. The van der Waals surface area contributed by atoms with Gasteiger partial charge in [0.15, 0.2) is 0 Å². The summed E-state index contributed by atoms with van der Waals surface area (Å²) in [4.78, 5) is 14.2. The van der Waals surface area contributed by atoms with E-state index in [-0.39, 0.29) is 5.91 Å². The van der Waals surface area contributed by atoms with E-state index >= 15 is 0 Å². The number of hydrogen-bond acceptors (Lipinski definition) is 4. The summed E-state index contributed by atoms with van der Waals surface area (Å²) in [5, 5.41) is 7.53. The summed E-state index contributed by atoms with van der Waals surface area (Å²) in [5.74, 6) is 0.0497. The molecular formula is C20H29N5O. The van der Waals surface area contributed by atoms with E-state index in [2.05, 4.69) is 45.8 Å². The van der Waals surface area contributed by atoms with Gasteiger partial charge in [-0.05, 0) is 24.9 Å². The molecule has 3 N–H and O–H groups in total. The van der Waals surface area contributed by atoms with E-state index in [4.69, 9.17) is 5.73 Å². The lowest BCUT2D eigenvalue weighted by molar-refractivity contribution is -0.121. The van der Waals surface area contributed by atoms with Crippen molar-refractivity contribution >= 4 is 5.91 Å². The van der Waals surface area contributed by atoms with Gasteiger partial charge in [-0.2, -0.15) is 5.10 Å². The Balaban J connectivity index is 1.55. The molecule has 1 atom stereocenters. The van der Waals surface area contributed by atoms with Crippen LogP contribution in [0.5, 0.6) is 0 Å². The fourth-order valence-corrected chi connectivity index (χ4v) is 3.53. The van der Waals surface area contributed by atoms with Crippen molar-refractivity contribution in [3.8, 4) is 0 Å². The highest BCUT2D eigenvalue weighted by Gasteiger charge is 2.23. The second kappa shape index (κ2) is 9.50. The number of rotatable bonds is 8. The normalized spacial score (nSPS) is 18.0. The van der Waals surface area contributed by atoms with Crippen LogP contribution >= 0.6 is 0 Å². The van der Waals surface area contributed by atoms with Crippen molar-refractivity contribution in [2.45, 2.75) is 44.8 Å². The zero-order valence-electron chi connectivity index (χ0n) is 15.3. The highest BCUT2D eigenvalue weighted by Crippen LogP contribution is 2.19. The molecule has 1 amide bonds. The molecular weight excluding hydrogens is 326 g/mol. The van der Waals surface area contributed by atoms with Crippen LogP contribution in [0.15, 0.2) is 42.7 Å². The minimum atomic E-state index is 0.0497. The van der Waals surface area contributed by atoms with E-state index in [1.165, 1.54) is 24.0 Å². The van der Waals surface area contributed by atoms with Gasteiger partial charge >= 0.3 is 0 Å². The molecule has 3 rings (SSSR count). The molecule has 1 saturated heterocycles. The van der Waals surface area contributed by atoms with Crippen molar-refractivity contribution in [3.63, 3.8) is 0 Å². The van der Waals surface area contributed by atoms with Crippen molar-refractivity contribution in [2.75, 3.05) is 19.6 Å². The molecule has 1 unspecified atom stereocenters. The van der Waals surface area contributed by atoms with Gasteiger partial charge in [0.2, 0.25) is 5.91 Å². The summed E-state index contributed by atoms with van der Waals surface area (Å²) >= 11 is 0. The average molecular weight is 355 g/mol. The maximum absolute atomic E-state index is 11.7. The number of nitrogens with zero attached hydrogens (tertiary/aromatic N) is 3. The quantitative estimate of drug-likeness (QED) is 0.756. The summed E-state index contributed by atoms with van der Waals surface area (Å²) in [6.45, 7) is 3.85. The number of piperidine rings is 1. The van der Waals surface area contributed by atoms with Crippen LogP contribution in [0.4, 0.5) is 0 Å². The molecule has 0 spiro atoms. The summed E-state index contributed by atoms with van der Waals surface area (Å²) in [5.41, 5.74) is 7.92. The van der Waals surface area contributed by atoms with Gasteiger partial charge in [0.05, 0.1) is 12.7 Å². The number of likely N-dealkylation sites (tertiary alicyclic amines) is 1. The van der Waals surface area contributed by atoms with Crippen LogP contribution in [0.25, 0.3) is 0 Å². The molecule has 2 heterocycles. The van der Waals surface area contributed by atoms with Crippen LogP contribution in [0, 0.1) is 0 Å². The fraction of sp³-hybridized carbons (Fsp3) is 0.500. The molecule has 140 valence electrons. The Kier molecular flexibility index (Phi) is 6.80. The first-order valence-corrected chi connectivity index (χ1v) is 9.50. The predicted molar refractivity (Wildman–Crippen MR) is 103 cm³/mol. The molecule has 6 heteroatoms. The highest BCUT2D eigenvalue weighted by atomic mass is 16.1. The van der Waals surface area contributed by atoms with E-state index in [1.807, 2.05) is 16.9 Å². The van der Waals surface area contributed by atoms with Gasteiger partial charge < -0.3 is 11.1 Å². The first-order chi connectivity index (χ1) is 12.7. The molecule has 1 aromatic heterocycles. The number of nitrogens with two attached hydrogens (primary N) is 1. The molecule has 1 aliphatic rings. The van der Waals surface area contributed by atoms with Crippen LogP contribution in [0.2, 0.25) is 0 Å². The van der Waals surface area contributed by atoms with E-state index in [9.17, 15) is 4.79 Å². The third-order valence-electron chi connectivity index (χ3n) is 4.92. The number of amides is 1. The number of carbonyl (C=O) groups is 1. The zero-order valence-corrected chi connectivity index (χ0v) is 15.3. The van der Waals surface area contributed by atoms with Gasteiger partial charge in [-0.25, -0.2) is 0 Å². The topological polar surface area (TPSA) is 76.2 Å². The summed E-state index contributed by atoms with van der Waals surface area (Å²) in [6, 6.07) is 10.8. The van der Waals surface area contributed by atoms with Crippen molar-refractivity contribution in [3.05, 3.63) is 53.9 Å². The van der Waals surface area contributed by atoms with Crippen LogP contribution < -0.4 is 11.1 Å². The Bertz CT molecular complexity index is 685. The third kappa shape index (κ3) is 5.41. The van der Waals surface area contributed by atoms with Gasteiger partial charge in [-0.3, -0.25) is 14.4 Å². The SMILES string of the molecule is NCCC(=O)NCC1CCCCN1Cc1cnn(Cc2ccccc2)c1. The molecule has 6 nitrogen and oxygen atoms in total. The zero-order chi connectivity index (χ0) is 18.2. The second-order valence-corrected chi connectivity index (χ2v) is 6.99. The number of nitrogens with one attached hydrogen (secondary N) is 1. The lowest BCUT2D eigenvalue weighted by Gasteiger charge is -2.35. The number of aromatic nitrogens is 2. The molecule has 1 fully saturated rings. The fourth-order valence-electron chi connectivity index (χ4n) is 3.53. The smallest absolute Gasteiger partial charge is 0.221 e. The van der Waals surface area contributed by atoms with Gasteiger partial charge in [0.1, 0.15) is 0 Å². The maximum Gasteiger partial charge on any atom is 0.221 e. The first kappa shape index (κ1) is 18.6. The minimum absolute atomic E-state index is 0.0497. The average Bonchev–Trinajstić information content (AvgIpc) is 3.09.